The van der Waals surface area contributed by atoms with E-state index in [1.807, 2.05) is 6.07 Å². The maximum Gasteiger partial charge on any atom is 0.0463 e. The van der Waals surface area contributed by atoms with Crippen molar-refractivity contribution in [1.82, 2.24) is 0 Å². The molecule has 0 heterocycles. The molecule has 0 radical (unpaired) electrons. The molecule has 1 unspecified atom stereocenters. The standard InChI is InChI=1S/C31H31N/c1-3-13-26(22-24(2)25-14-6-4-7-15-25)27-16-12-17-28(23-27)30-20-10-11-21-31(30)32-29-18-8-5-9-19-29/h4-12,14-21,23,26,32H,2-3,13,22H2,1H3. The maximum absolute atomic E-state index is 4.40. The number of nitrogens with one attached hydrogen (secondary N) is 1. The van der Waals surface area contributed by atoms with Crippen LogP contribution in [-0.4, -0.2) is 0 Å². The minimum atomic E-state index is 0.460. The molecule has 160 valence electrons. The van der Waals surface area contributed by atoms with E-state index in [9.17, 15) is 0 Å². The fourth-order valence-electron chi connectivity index (χ4n) is 4.31. The van der Waals surface area contributed by atoms with Gasteiger partial charge in [0.25, 0.3) is 0 Å². The van der Waals surface area contributed by atoms with E-state index in [4.69, 9.17) is 0 Å². The monoisotopic (exact) mass is 417 g/mol. The Balaban J connectivity index is 1.62. The Morgan fingerprint density at radius 3 is 2.22 bits per heavy atom. The van der Waals surface area contributed by atoms with Crippen molar-refractivity contribution in [2.24, 2.45) is 0 Å². The molecule has 4 aromatic rings. The Morgan fingerprint density at radius 2 is 1.47 bits per heavy atom. The van der Waals surface area contributed by atoms with Crippen molar-refractivity contribution >= 4 is 16.9 Å². The highest BCUT2D eigenvalue weighted by Gasteiger charge is 2.15. The van der Waals surface area contributed by atoms with Crippen molar-refractivity contribution in [1.29, 1.82) is 0 Å². The Kier molecular flexibility index (Phi) is 7.19. The van der Waals surface area contributed by atoms with Gasteiger partial charge in [0.05, 0.1) is 0 Å². The molecule has 0 fully saturated rings. The Morgan fingerprint density at radius 1 is 0.781 bits per heavy atom. The summed E-state index contributed by atoms with van der Waals surface area (Å²) >= 11 is 0. The van der Waals surface area contributed by atoms with Gasteiger partial charge in [0, 0.05) is 16.9 Å². The zero-order valence-corrected chi connectivity index (χ0v) is 18.8. The van der Waals surface area contributed by atoms with Gasteiger partial charge in [0.2, 0.25) is 0 Å². The maximum atomic E-state index is 4.40. The van der Waals surface area contributed by atoms with Gasteiger partial charge < -0.3 is 5.32 Å². The average Bonchev–Trinajstić information content (AvgIpc) is 2.85. The molecule has 0 aliphatic carbocycles. The molecule has 4 aromatic carbocycles. The van der Waals surface area contributed by atoms with Crippen molar-refractivity contribution in [3.8, 4) is 11.1 Å². The first-order valence-corrected chi connectivity index (χ1v) is 11.5. The third kappa shape index (κ3) is 5.36. The lowest BCUT2D eigenvalue weighted by Crippen LogP contribution is -2.01. The number of para-hydroxylation sites is 2. The van der Waals surface area contributed by atoms with Gasteiger partial charge in [-0.25, -0.2) is 0 Å². The number of rotatable bonds is 9. The first-order chi connectivity index (χ1) is 15.7. The molecule has 1 heteroatoms. The predicted molar refractivity (Wildman–Crippen MR) is 139 cm³/mol. The molecule has 1 N–H and O–H groups in total. The third-order valence-corrected chi connectivity index (χ3v) is 5.96. The van der Waals surface area contributed by atoms with Gasteiger partial charge in [0.1, 0.15) is 0 Å². The normalized spacial score (nSPS) is 11.7. The fourth-order valence-corrected chi connectivity index (χ4v) is 4.31. The van der Waals surface area contributed by atoms with Crippen LogP contribution in [0.5, 0.6) is 0 Å². The molecule has 0 aliphatic rings. The fraction of sp³-hybridized carbons (Fsp3) is 0.161. The van der Waals surface area contributed by atoms with E-state index >= 15 is 0 Å². The van der Waals surface area contributed by atoms with Gasteiger partial charge in [0.15, 0.2) is 0 Å². The molecule has 0 bridgehead atoms. The summed E-state index contributed by atoms with van der Waals surface area (Å²) in [6, 6.07) is 38.5. The van der Waals surface area contributed by atoms with Crippen molar-refractivity contribution < 1.29 is 0 Å². The van der Waals surface area contributed by atoms with Crippen molar-refractivity contribution in [3.63, 3.8) is 0 Å². The largest absolute Gasteiger partial charge is 0.355 e. The summed E-state index contributed by atoms with van der Waals surface area (Å²) in [7, 11) is 0. The Bertz CT molecular complexity index is 1150. The zero-order valence-electron chi connectivity index (χ0n) is 18.8. The Hall–Kier alpha value is -3.58. The second-order valence-corrected chi connectivity index (χ2v) is 8.32. The topological polar surface area (TPSA) is 12.0 Å². The highest BCUT2D eigenvalue weighted by Crippen LogP contribution is 2.36. The Labute approximate surface area is 192 Å². The zero-order chi connectivity index (χ0) is 22.2. The van der Waals surface area contributed by atoms with E-state index in [1.54, 1.807) is 0 Å². The highest BCUT2D eigenvalue weighted by molar-refractivity contribution is 5.81. The average molecular weight is 418 g/mol. The highest BCUT2D eigenvalue weighted by atomic mass is 14.9. The second-order valence-electron chi connectivity index (χ2n) is 8.32. The van der Waals surface area contributed by atoms with E-state index in [0.29, 0.717) is 5.92 Å². The van der Waals surface area contributed by atoms with Gasteiger partial charge in [-0.2, -0.15) is 0 Å². The summed E-state index contributed by atoms with van der Waals surface area (Å²) in [6.07, 6.45) is 3.29. The summed E-state index contributed by atoms with van der Waals surface area (Å²) in [4.78, 5) is 0. The predicted octanol–water partition coefficient (Wildman–Crippen LogP) is 9.08. The quantitative estimate of drug-likeness (QED) is 0.286. The molecular weight excluding hydrogens is 386 g/mol. The van der Waals surface area contributed by atoms with Crippen LogP contribution in [0, 0.1) is 0 Å². The summed E-state index contributed by atoms with van der Waals surface area (Å²) in [5.41, 5.74) is 8.51. The first-order valence-electron chi connectivity index (χ1n) is 11.5. The number of hydrogen-bond donors (Lipinski definition) is 1. The lowest BCUT2D eigenvalue weighted by molar-refractivity contribution is 0.627. The van der Waals surface area contributed by atoms with E-state index in [-0.39, 0.29) is 0 Å². The molecule has 0 saturated heterocycles. The van der Waals surface area contributed by atoms with Crippen molar-refractivity contribution in [3.05, 3.63) is 127 Å². The van der Waals surface area contributed by atoms with Crippen LogP contribution in [0.2, 0.25) is 0 Å². The summed E-state index contributed by atoms with van der Waals surface area (Å²) in [5, 5.41) is 3.58. The lowest BCUT2D eigenvalue weighted by atomic mass is 9.85. The summed E-state index contributed by atoms with van der Waals surface area (Å²) in [6.45, 7) is 6.67. The number of anilines is 2. The smallest absolute Gasteiger partial charge is 0.0463 e. The molecule has 0 saturated carbocycles. The third-order valence-electron chi connectivity index (χ3n) is 5.96. The minimum absolute atomic E-state index is 0.460. The molecule has 0 aliphatic heterocycles. The van der Waals surface area contributed by atoms with Crippen molar-refractivity contribution in [2.45, 2.75) is 32.1 Å². The van der Waals surface area contributed by atoms with Crippen LogP contribution in [0.15, 0.2) is 116 Å². The van der Waals surface area contributed by atoms with E-state index in [2.05, 4.69) is 122 Å². The van der Waals surface area contributed by atoms with Crippen LogP contribution in [-0.2, 0) is 0 Å². The molecule has 4 rings (SSSR count). The lowest BCUT2D eigenvalue weighted by Gasteiger charge is -2.20. The second kappa shape index (κ2) is 10.6. The molecule has 0 spiro atoms. The van der Waals surface area contributed by atoms with Crippen LogP contribution < -0.4 is 5.32 Å². The van der Waals surface area contributed by atoms with Crippen LogP contribution in [0.3, 0.4) is 0 Å². The van der Waals surface area contributed by atoms with Crippen LogP contribution in [0.25, 0.3) is 16.7 Å². The van der Waals surface area contributed by atoms with Gasteiger partial charge in [-0.05, 0) is 59.2 Å². The van der Waals surface area contributed by atoms with Crippen LogP contribution >= 0.6 is 0 Å². The van der Waals surface area contributed by atoms with E-state index in [1.165, 1.54) is 27.8 Å². The van der Waals surface area contributed by atoms with Crippen LogP contribution in [0.1, 0.15) is 43.2 Å². The number of allylic oxidation sites excluding steroid dienone is 1. The molecule has 1 atom stereocenters. The molecule has 0 aromatic heterocycles. The van der Waals surface area contributed by atoms with E-state index < -0.39 is 0 Å². The molecule has 1 nitrogen and oxygen atoms in total. The molecule has 0 amide bonds. The number of benzene rings is 4. The minimum Gasteiger partial charge on any atom is -0.355 e. The van der Waals surface area contributed by atoms with Crippen LogP contribution in [0.4, 0.5) is 11.4 Å². The molecule has 32 heavy (non-hydrogen) atoms. The summed E-state index contributed by atoms with van der Waals surface area (Å²) in [5.74, 6) is 0.460. The van der Waals surface area contributed by atoms with Gasteiger partial charge in [-0.15, -0.1) is 0 Å². The van der Waals surface area contributed by atoms with Crippen molar-refractivity contribution in [2.75, 3.05) is 5.32 Å². The van der Waals surface area contributed by atoms with E-state index in [0.717, 1.165) is 30.6 Å². The molecular formula is C31H31N. The van der Waals surface area contributed by atoms with Gasteiger partial charge in [-0.1, -0.05) is 111 Å². The van der Waals surface area contributed by atoms with Gasteiger partial charge in [-0.3, -0.25) is 0 Å². The number of hydrogen-bond acceptors (Lipinski definition) is 1. The van der Waals surface area contributed by atoms with Gasteiger partial charge >= 0.3 is 0 Å². The summed E-state index contributed by atoms with van der Waals surface area (Å²) < 4.78 is 0. The SMILES string of the molecule is C=C(CC(CCC)c1cccc(-c2ccccc2Nc2ccccc2)c1)c1ccccc1. The first kappa shape index (κ1) is 21.6.